The monoisotopic (exact) mass is 348 g/mol. The Morgan fingerprint density at radius 1 is 0.957 bits per heavy atom. The first-order chi connectivity index (χ1) is 10.8. The highest BCUT2D eigenvalue weighted by Gasteiger charge is 2.28. The highest BCUT2D eigenvalue weighted by molar-refractivity contribution is 8.32. The molecular weight excluding hydrogens is 326 g/mol. The molecule has 0 N–H and O–H groups in total. The quantitative estimate of drug-likeness (QED) is 0.607. The first-order valence-corrected chi connectivity index (χ1v) is 11.2. The lowest BCUT2D eigenvalue weighted by molar-refractivity contribution is -0.151. The summed E-state index contributed by atoms with van der Waals surface area (Å²) >= 11 is 0. The molecule has 0 aliphatic heterocycles. The number of rotatable bonds is 5. The Labute approximate surface area is 139 Å². The van der Waals surface area contributed by atoms with Gasteiger partial charge in [-0.1, -0.05) is 60.7 Å². The molecule has 2 aromatic carbocycles. The van der Waals surface area contributed by atoms with Gasteiger partial charge in [-0.2, -0.15) is 0 Å². The van der Waals surface area contributed by atoms with E-state index in [9.17, 15) is 9.36 Å². The van der Waals surface area contributed by atoms with Crippen molar-refractivity contribution in [3.63, 3.8) is 0 Å². The van der Waals surface area contributed by atoms with Gasteiger partial charge in [0.05, 0.1) is 6.16 Å². The van der Waals surface area contributed by atoms with E-state index in [1.807, 2.05) is 81.4 Å². The van der Waals surface area contributed by atoms with Crippen LogP contribution in [0.3, 0.4) is 0 Å². The van der Waals surface area contributed by atoms with Crippen molar-refractivity contribution in [1.82, 2.24) is 0 Å². The maximum Gasteiger partial charge on any atom is 0.310 e. The summed E-state index contributed by atoms with van der Waals surface area (Å²) in [6.45, 7) is 2.69. The van der Waals surface area contributed by atoms with Crippen molar-refractivity contribution in [2.75, 3.05) is 6.16 Å². The normalized spacial score (nSPS) is 12.5. The van der Waals surface area contributed by atoms with Crippen LogP contribution in [0.15, 0.2) is 60.7 Å². The summed E-state index contributed by atoms with van der Waals surface area (Å²) in [5.74, 6) is -0.303. The summed E-state index contributed by atoms with van der Waals surface area (Å²) in [4.78, 5) is 12.0. The van der Waals surface area contributed by atoms with Gasteiger partial charge in [0.1, 0.15) is 5.60 Å². The first-order valence-electron chi connectivity index (χ1n) is 7.49. The van der Waals surface area contributed by atoms with Gasteiger partial charge in [-0.15, -0.1) is 0 Å². The summed E-state index contributed by atoms with van der Waals surface area (Å²) in [7, 11) is -0.0216. The van der Waals surface area contributed by atoms with Gasteiger partial charge in [0, 0.05) is 10.6 Å². The zero-order valence-electron chi connectivity index (χ0n) is 13.7. The second kappa shape index (κ2) is 7.43. The Morgan fingerprint density at radius 3 is 1.78 bits per heavy atom. The Hall–Kier alpha value is -1.43. The van der Waals surface area contributed by atoms with Crippen molar-refractivity contribution in [2.45, 2.75) is 26.4 Å². The molecule has 0 aromatic heterocycles. The van der Waals surface area contributed by atoms with Crippen LogP contribution in [0.1, 0.15) is 20.8 Å². The number of hydrogen-bond acceptors (Lipinski definition) is 3. The third-order valence-electron chi connectivity index (χ3n) is 3.11. The Balaban J connectivity index is 2.26. The van der Waals surface area contributed by atoms with Crippen molar-refractivity contribution in [3.05, 3.63) is 60.7 Å². The second-order valence-electron chi connectivity index (χ2n) is 6.20. The minimum absolute atomic E-state index is 0.0216. The molecule has 23 heavy (non-hydrogen) atoms. The van der Waals surface area contributed by atoms with Crippen LogP contribution in [-0.2, 0) is 14.1 Å². The van der Waals surface area contributed by atoms with E-state index >= 15 is 0 Å². The number of carbonyl (C=O) groups excluding carboxylic acids is 1. The third kappa shape index (κ3) is 5.03. The minimum Gasteiger partial charge on any atom is -0.460 e. The molecule has 5 heteroatoms. The molecule has 0 saturated heterocycles. The standard InChI is InChI=1S/C18H22O3P2/c1-18(2,3)21-17(19)14-22-23(20,15-10-6-4-7-11-15)16-12-8-5-9-13-16/h4-13,22H,14H2,1-3H3. The topological polar surface area (TPSA) is 43.4 Å². The lowest BCUT2D eigenvalue weighted by Crippen LogP contribution is -2.25. The third-order valence-corrected chi connectivity index (χ3v) is 9.41. The maximum atomic E-state index is 13.7. The largest absolute Gasteiger partial charge is 0.460 e. The Morgan fingerprint density at radius 2 is 1.39 bits per heavy atom. The second-order valence-corrected chi connectivity index (χ2v) is 12.0. The average Bonchev–Trinajstić information content (AvgIpc) is 2.53. The Kier molecular flexibility index (Phi) is 5.79. The average molecular weight is 348 g/mol. The molecule has 0 aliphatic carbocycles. The lowest BCUT2D eigenvalue weighted by atomic mass is 10.2. The number of ether oxygens (including phenoxy) is 1. The van der Waals surface area contributed by atoms with E-state index in [1.54, 1.807) is 0 Å². The lowest BCUT2D eigenvalue weighted by Gasteiger charge is -2.22. The fourth-order valence-corrected chi connectivity index (χ4v) is 7.48. The van der Waals surface area contributed by atoms with E-state index < -0.39 is 12.4 Å². The molecule has 0 radical (unpaired) electrons. The Bertz CT molecular complexity index is 648. The van der Waals surface area contributed by atoms with Crippen molar-refractivity contribution < 1.29 is 14.1 Å². The molecule has 0 saturated carbocycles. The van der Waals surface area contributed by atoms with Crippen LogP contribution in [0.2, 0.25) is 0 Å². The smallest absolute Gasteiger partial charge is 0.310 e. The fourth-order valence-electron chi connectivity index (χ4n) is 2.16. The van der Waals surface area contributed by atoms with Crippen LogP contribution < -0.4 is 10.6 Å². The van der Waals surface area contributed by atoms with E-state index in [4.69, 9.17) is 4.74 Å². The van der Waals surface area contributed by atoms with Crippen LogP contribution in [0.5, 0.6) is 0 Å². The van der Waals surface area contributed by atoms with E-state index in [0.29, 0.717) is 0 Å². The number of carbonyl (C=O) groups is 1. The zero-order valence-corrected chi connectivity index (χ0v) is 15.5. The van der Waals surface area contributed by atoms with Crippen LogP contribution in [0.25, 0.3) is 0 Å². The van der Waals surface area contributed by atoms with Crippen molar-refractivity contribution in [2.24, 2.45) is 0 Å². The number of esters is 1. The van der Waals surface area contributed by atoms with Crippen LogP contribution >= 0.6 is 15.1 Å². The molecule has 122 valence electrons. The molecule has 0 aliphatic rings. The van der Waals surface area contributed by atoms with Crippen LogP contribution in [0.4, 0.5) is 0 Å². The van der Waals surface area contributed by atoms with Gasteiger partial charge in [0.15, 0.2) is 6.83 Å². The molecule has 2 rings (SSSR count). The molecule has 1 unspecified atom stereocenters. The molecule has 0 heterocycles. The van der Waals surface area contributed by atoms with Gasteiger partial charge in [-0.05, 0) is 29.0 Å². The van der Waals surface area contributed by atoms with E-state index in [0.717, 1.165) is 10.6 Å². The maximum absolute atomic E-state index is 13.7. The van der Waals surface area contributed by atoms with E-state index in [2.05, 4.69) is 0 Å². The molecule has 3 nitrogen and oxygen atoms in total. The predicted octanol–water partition coefficient (Wildman–Crippen LogP) is 3.94. The molecule has 0 bridgehead atoms. The SMILES string of the molecule is CC(C)(C)OC(=O)CPP(=O)(c1ccccc1)c1ccccc1. The summed E-state index contributed by atoms with van der Waals surface area (Å²) in [6.07, 6.45) is 0.165. The highest BCUT2D eigenvalue weighted by atomic mass is 32.1. The van der Waals surface area contributed by atoms with Gasteiger partial charge in [0.25, 0.3) is 0 Å². The van der Waals surface area contributed by atoms with Crippen molar-refractivity contribution >= 4 is 31.7 Å². The fraction of sp³-hybridized carbons (Fsp3) is 0.278. The molecule has 1 atom stereocenters. The molecule has 2 aromatic rings. The number of benzene rings is 2. The predicted molar refractivity (Wildman–Crippen MR) is 98.8 cm³/mol. The van der Waals surface area contributed by atoms with Crippen molar-refractivity contribution in [1.29, 1.82) is 0 Å². The van der Waals surface area contributed by atoms with Gasteiger partial charge in [0.2, 0.25) is 0 Å². The summed E-state index contributed by atoms with van der Waals surface area (Å²) in [6, 6.07) is 18.8. The highest BCUT2D eigenvalue weighted by Crippen LogP contribution is 2.61. The summed E-state index contributed by atoms with van der Waals surface area (Å²) in [5, 5.41) is 1.57. The van der Waals surface area contributed by atoms with Gasteiger partial charge in [-0.25, -0.2) is 0 Å². The molecular formula is C18H22O3P2. The van der Waals surface area contributed by atoms with Gasteiger partial charge in [-0.3, -0.25) is 4.79 Å². The summed E-state index contributed by atoms with van der Waals surface area (Å²) < 4.78 is 19.0. The van der Waals surface area contributed by atoms with Crippen molar-refractivity contribution in [3.8, 4) is 0 Å². The zero-order chi connectivity index (χ0) is 16.9. The number of hydrogen-bond donors (Lipinski definition) is 0. The molecule has 0 spiro atoms. The molecule has 0 fully saturated rings. The van der Waals surface area contributed by atoms with E-state index in [1.165, 1.54) is 0 Å². The summed E-state index contributed by atoms with van der Waals surface area (Å²) in [5.41, 5.74) is -0.523. The first kappa shape index (κ1) is 17.9. The van der Waals surface area contributed by atoms with Crippen LogP contribution in [-0.4, -0.2) is 17.7 Å². The van der Waals surface area contributed by atoms with E-state index in [-0.39, 0.29) is 20.4 Å². The van der Waals surface area contributed by atoms with Gasteiger partial charge < -0.3 is 9.30 Å². The van der Waals surface area contributed by atoms with Gasteiger partial charge >= 0.3 is 5.97 Å². The van der Waals surface area contributed by atoms with Crippen LogP contribution in [0, 0.1) is 0 Å². The minimum atomic E-state index is -2.82. The molecule has 0 amide bonds.